The second-order valence-corrected chi connectivity index (χ2v) is 13.6. The Morgan fingerprint density at radius 2 is 2.00 bits per heavy atom. The van der Waals surface area contributed by atoms with E-state index in [1.807, 2.05) is 47.2 Å². The molecule has 0 spiro atoms. The van der Waals surface area contributed by atoms with E-state index in [-0.39, 0.29) is 5.69 Å². The van der Waals surface area contributed by atoms with Crippen LogP contribution in [0.25, 0.3) is 27.8 Å². The average Bonchev–Trinajstić information content (AvgIpc) is 3.17. The van der Waals surface area contributed by atoms with Crippen molar-refractivity contribution in [3.63, 3.8) is 0 Å². The molecule has 3 heterocycles. The van der Waals surface area contributed by atoms with Crippen LogP contribution in [-0.4, -0.2) is 33.8 Å². The van der Waals surface area contributed by atoms with Gasteiger partial charge >= 0.3 is 5.69 Å². The van der Waals surface area contributed by atoms with Gasteiger partial charge < -0.3 is 14.3 Å². The summed E-state index contributed by atoms with van der Waals surface area (Å²) in [4.78, 5) is 19.9. The largest absolute Gasteiger partial charge is 0.361 e. The Bertz CT molecular complexity index is 1150. The van der Waals surface area contributed by atoms with Gasteiger partial charge in [-0.25, -0.2) is 9.78 Å². The van der Waals surface area contributed by atoms with E-state index in [1.165, 1.54) is 0 Å². The molecular formula is C20H24N4O2Si. The fourth-order valence-corrected chi connectivity index (χ4v) is 3.90. The third kappa shape index (κ3) is 3.61. The maximum absolute atomic E-state index is 12.4. The van der Waals surface area contributed by atoms with E-state index in [4.69, 9.17) is 4.74 Å². The van der Waals surface area contributed by atoms with Crippen LogP contribution in [0.3, 0.4) is 0 Å². The number of hydrogen-bond acceptors (Lipinski definition) is 3. The van der Waals surface area contributed by atoms with Gasteiger partial charge in [-0.2, -0.15) is 0 Å². The standard InChI is InChI=1S/C20H24N4O2Si/c1-27(2,3)11-10-26-14-23-9-8-15-12-16(13-21-19(15)23)24-18-7-5-4-6-17(18)22-20(24)25/h4-9,12-13H,10-11,14H2,1-3H3,(H,22,25). The van der Waals surface area contributed by atoms with E-state index in [2.05, 4.69) is 29.6 Å². The summed E-state index contributed by atoms with van der Waals surface area (Å²) in [5.41, 5.74) is 3.11. The Kier molecular flexibility index (Phi) is 4.49. The van der Waals surface area contributed by atoms with Gasteiger partial charge in [0, 0.05) is 26.3 Å². The molecule has 0 amide bonds. The first-order chi connectivity index (χ1) is 12.9. The Morgan fingerprint density at radius 1 is 1.19 bits per heavy atom. The Labute approximate surface area is 158 Å². The van der Waals surface area contributed by atoms with Crippen LogP contribution in [0.5, 0.6) is 0 Å². The molecule has 0 aliphatic rings. The molecule has 0 saturated heterocycles. The van der Waals surface area contributed by atoms with Crippen LogP contribution in [0.4, 0.5) is 0 Å². The maximum Gasteiger partial charge on any atom is 0.331 e. The van der Waals surface area contributed by atoms with Crippen molar-refractivity contribution < 1.29 is 4.74 Å². The fraction of sp³-hybridized carbons (Fsp3) is 0.300. The van der Waals surface area contributed by atoms with Gasteiger partial charge in [-0.3, -0.25) is 4.57 Å². The van der Waals surface area contributed by atoms with Gasteiger partial charge in [0.15, 0.2) is 0 Å². The van der Waals surface area contributed by atoms with Crippen molar-refractivity contribution in [1.29, 1.82) is 0 Å². The average molecular weight is 381 g/mol. The third-order valence-corrected chi connectivity index (χ3v) is 6.37. The molecule has 0 aliphatic carbocycles. The summed E-state index contributed by atoms with van der Waals surface area (Å²) in [6, 6.07) is 12.8. The number of para-hydroxylation sites is 2. The molecule has 1 N–H and O–H groups in total. The number of ether oxygens (including phenoxy) is 1. The van der Waals surface area contributed by atoms with E-state index in [0.29, 0.717) is 6.73 Å². The van der Waals surface area contributed by atoms with E-state index in [9.17, 15) is 4.79 Å². The zero-order valence-corrected chi connectivity index (χ0v) is 16.9. The van der Waals surface area contributed by atoms with Crippen molar-refractivity contribution >= 4 is 30.1 Å². The van der Waals surface area contributed by atoms with Gasteiger partial charge in [0.25, 0.3) is 0 Å². The molecule has 140 valence electrons. The number of nitrogens with zero attached hydrogens (tertiary/aromatic N) is 3. The van der Waals surface area contributed by atoms with Crippen LogP contribution in [0.1, 0.15) is 0 Å². The smallest absolute Gasteiger partial charge is 0.331 e. The third-order valence-electron chi connectivity index (χ3n) is 4.66. The highest BCUT2D eigenvalue weighted by Crippen LogP contribution is 2.20. The lowest BCUT2D eigenvalue weighted by Crippen LogP contribution is -2.22. The summed E-state index contributed by atoms with van der Waals surface area (Å²) in [5.74, 6) is 0. The molecule has 6 nitrogen and oxygen atoms in total. The molecule has 4 rings (SSSR count). The van der Waals surface area contributed by atoms with E-state index in [1.54, 1.807) is 10.8 Å². The van der Waals surface area contributed by atoms with Crippen LogP contribution in [0.2, 0.25) is 25.7 Å². The van der Waals surface area contributed by atoms with E-state index in [0.717, 1.165) is 40.4 Å². The first kappa shape index (κ1) is 17.8. The molecule has 4 aromatic rings. The normalized spacial score (nSPS) is 12.3. The van der Waals surface area contributed by atoms with Gasteiger partial charge in [-0.05, 0) is 30.3 Å². The van der Waals surface area contributed by atoms with Crippen molar-refractivity contribution in [1.82, 2.24) is 19.1 Å². The molecule has 0 saturated carbocycles. The second-order valence-electron chi connectivity index (χ2n) is 8.02. The highest BCUT2D eigenvalue weighted by molar-refractivity contribution is 6.76. The number of H-pyrrole nitrogens is 1. The summed E-state index contributed by atoms with van der Waals surface area (Å²) in [6.45, 7) is 8.30. The van der Waals surface area contributed by atoms with Crippen LogP contribution >= 0.6 is 0 Å². The van der Waals surface area contributed by atoms with Crippen molar-refractivity contribution in [3.05, 3.63) is 59.3 Å². The zero-order valence-electron chi connectivity index (χ0n) is 15.9. The quantitative estimate of drug-likeness (QED) is 0.406. The summed E-state index contributed by atoms with van der Waals surface area (Å²) in [5, 5.41) is 0.985. The molecule has 3 aromatic heterocycles. The first-order valence-electron chi connectivity index (χ1n) is 9.15. The number of nitrogens with one attached hydrogen (secondary N) is 1. The number of benzene rings is 1. The van der Waals surface area contributed by atoms with Crippen LogP contribution in [0, 0.1) is 0 Å². The molecule has 1 aromatic carbocycles. The Morgan fingerprint density at radius 3 is 2.81 bits per heavy atom. The van der Waals surface area contributed by atoms with Crippen LogP contribution in [-0.2, 0) is 11.5 Å². The number of hydrogen-bond donors (Lipinski definition) is 1. The van der Waals surface area contributed by atoms with Gasteiger partial charge in [0.05, 0.1) is 22.9 Å². The lowest BCUT2D eigenvalue weighted by molar-refractivity contribution is 0.0899. The highest BCUT2D eigenvalue weighted by Gasteiger charge is 2.13. The fourth-order valence-electron chi connectivity index (χ4n) is 3.15. The number of aromatic amines is 1. The number of rotatable bonds is 6. The van der Waals surface area contributed by atoms with E-state index < -0.39 is 8.07 Å². The van der Waals surface area contributed by atoms with Crippen molar-refractivity contribution in [2.75, 3.05) is 6.61 Å². The molecule has 27 heavy (non-hydrogen) atoms. The molecule has 0 unspecified atom stereocenters. The van der Waals surface area contributed by atoms with Gasteiger partial charge in [0.2, 0.25) is 0 Å². The summed E-state index contributed by atoms with van der Waals surface area (Å²) in [6.07, 6.45) is 3.72. The zero-order chi connectivity index (χ0) is 19.0. The predicted octanol–water partition coefficient (Wildman–Crippen LogP) is 3.98. The second kappa shape index (κ2) is 6.83. The molecule has 7 heteroatoms. The molecule has 0 fully saturated rings. The van der Waals surface area contributed by atoms with Gasteiger partial charge in [-0.15, -0.1) is 0 Å². The lowest BCUT2D eigenvalue weighted by atomic mass is 10.3. The number of aromatic nitrogens is 4. The van der Waals surface area contributed by atoms with Crippen molar-refractivity contribution in [2.24, 2.45) is 0 Å². The monoisotopic (exact) mass is 380 g/mol. The Balaban J connectivity index is 1.61. The maximum atomic E-state index is 12.4. The summed E-state index contributed by atoms with van der Waals surface area (Å²) >= 11 is 0. The van der Waals surface area contributed by atoms with Crippen molar-refractivity contribution in [3.8, 4) is 5.69 Å². The Hall–Kier alpha value is -2.64. The highest BCUT2D eigenvalue weighted by atomic mass is 28.3. The molecule has 0 atom stereocenters. The predicted molar refractivity (Wildman–Crippen MR) is 111 cm³/mol. The van der Waals surface area contributed by atoms with Gasteiger partial charge in [0.1, 0.15) is 12.4 Å². The summed E-state index contributed by atoms with van der Waals surface area (Å²) < 4.78 is 9.50. The first-order valence-corrected chi connectivity index (χ1v) is 12.9. The number of imidazole rings is 1. The van der Waals surface area contributed by atoms with Crippen molar-refractivity contribution in [2.45, 2.75) is 32.4 Å². The SMILES string of the molecule is C[Si](C)(C)CCOCn1ccc2cc(-n3c(=O)[nH]c4ccccc43)cnc21. The minimum atomic E-state index is -1.08. The molecule has 0 aliphatic heterocycles. The molecular weight excluding hydrogens is 356 g/mol. The van der Waals surface area contributed by atoms with Crippen LogP contribution < -0.4 is 5.69 Å². The van der Waals surface area contributed by atoms with Crippen LogP contribution in [0.15, 0.2) is 53.6 Å². The van der Waals surface area contributed by atoms with Gasteiger partial charge in [-0.1, -0.05) is 31.8 Å². The number of pyridine rings is 1. The summed E-state index contributed by atoms with van der Waals surface area (Å²) in [7, 11) is -1.08. The lowest BCUT2D eigenvalue weighted by Gasteiger charge is -2.15. The number of fused-ring (bicyclic) bond motifs is 2. The minimum Gasteiger partial charge on any atom is -0.361 e. The molecule has 0 bridgehead atoms. The topological polar surface area (TPSA) is 64.8 Å². The minimum absolute atomic E-state index is 0.161. The van der Waals surface area contributed by atoms with E-state index >= 15 is 0 Å². The molecule has 0 radical (unpaired) electrons.